The van der Waals surface area contributed by atoms with Crippen LogP contribution in [0.2, 0.25) is 0 Å². The minimum atomic E-state index is 0.760. The van der Waals surface area contributed by atoms with E-state index in [2.05, 4.69) is 36.2 Å². The number of ether oxygens (including phenoxy) is 1. The average molecular weight is 303 g/mol. The molecule has 0 aliphatic carbocycles. The summed E-state index contributed by atoms with van der Waals surface area (Å²) in [6.45, 7) is 8.42. The molecule has 1 atom stereocenters. The maximum absolute atomic E-state index is 5.27. The molecule has 1 aromatic rings. The number of nitrogens with one attached hydrogen (secondary N) is 1. The molecule has 0 radical (unpaired) electrons. The summed E-state index contributed by atoms with van der Waals surface area (Å²) in [4.78, 5) is 7.22. The maximum atomic E-state index is 5.27. The first-order chi connectivity index (χ1) is 10.7. The number of aliphatic imine (C=N–C) groups is 1. The second-order valence-electron chi connectivity index (χ2n) is 6.03. The molecular weight excluding hydrogens is 274 g/mol. The summed E-state index contributed by atoms with van der Waals surface area (Å²) in [6, 6.07) is 8.24. The summed E-state index contributed by atoms with van der Waals surface area (Å²) in [5.41, 5.74) is 1.27. The molecule has 0 bridgehead atoms. The van der Waals surface area contributed by atoms with Gasteiger partial charge in [0.05, 0.1) is 7.11 Å². The number of methoxy groups -OCH3 is 1. The number of guanidine groups is 1. The van der Waals surface area contributed by atoms with Crippen LogP contribution in [0.5, 0.6) is 5.75 Å². The Labute approximate surface area is 134 Å². The zero-order chi connectivity index (χ0) is 15.8. The molecule has 22 heavy (non-hydrogen) atoms. The zero-order valence-electron chi connectivity index (χ0n) is 14.1. The second-order valence-corrected chi connectivity index (χ2v) is 6.03. The molecule has 1 aromatic carbocycles. The highest BCUT2D eigenvalue weighted by Gasteiger charge is 2.18. The van der Waals surface area contributed by atoms with Gasteiger partial charge >= 0.3 is 0 Å². The van der Waals surface area contributed by atoms with E-state index < -0.39 is 0 Å². The highest BCUT2D eigenvalue weighted by Crippen LogP contribution is 2.16. The lowest BCUT2D eigenvalue weighted by Crippen LogP contribution is -2.46. The Hall–Kier alpha value is -1.71. The fourth-order valence-corrected chi connectivity index (χ4v) is 2.93. The fourth-order valence-electron chi connectivity index (χ4n) is 2.93. The van der Waals surface area contributed by atoms with E-state index in [0.29, 0.717) is 0 Å². The molecule has 4 nitrogen and oxygen atoms in total. The van der Waals surface area contributed by atoms with Gasteiger partial charge in [0.1, 0.15) is 5.75 Å². The Kier molecular flexibility index (Phi) is 6.56. The number of piperidine rings is 1. The van der Waals surface area contributed by atoms with Crippen molar-refractivity contribution in [3.63, 3.8) is 0 Å². The third kappa shape index (κ3) is 4.93. The number of rotatable bonds is 5. The van der Waals surface area contributed by atoms with Gasteiger partial charge in [-0.3, -0.25) is 4.99 Å². The van der Waals surface area contributed by atoms with E-state index >= 15 is 0 Å². The van der Waals surface area contributed by atoms with Crippen LogP contribution in [0.1, 0.15) is 32.3 Å². The Morgan fingerprint density at radius 2 is 2.32 bits per heavy atom. The third-order valence-electron chi connectivity index (χ3n) is 4.09. The van der Waals surface area contributed by atoms with E-state index in [4.69, 9.17) is 9.73 Å². The van der Waals surface area contributed by atoms with Crippen LogP contribution in [0.4, 0.5) is 0 Å². The molecule has 2 rings (SSSR count). The first-order valence-electron chi connectivity index (χ1n) is 8.39. The second kappa shape index (κ2) is 8.66. The molecule has 4 heteroatoms. The fraction of sp³-hybridized carbons (Fsp3) is 0.611. The summed E-state index contributed by atoms with van der Waals surface area (Å²) in [5, 5.41) is 3.43. The van der Waals surface area contributed by atoms with Crippen molar-refractivity contribution in [2.45, 2.75) is 33.1 Å². The number of nitrogens with zero attached hydrogens (tertiary/aromatic N) is 2. The van der Waals surface area contributed by atoms with Crippen LogP contribution in [-0.2, 0) is 6.42 Å². The molecule has 1 unspecified atom stereocenters. The summed E-state index contributed by atoms with van der Waals surface area (Å²) in [7, 11) is 1.71. The monoisotopic (exact) mass is 303 g/mol. The van der Waals surface area contributed by atoms with Gasteiger partial charge in [-0.15, -0.1) is 0 Å². The van der Waals surface area contributed by atoms with Crippen LogP contribution in [-0.4, -0.2) is 44.1 Å². The highest BCUT2D eigenvalue weighted by atomic mass is 16.5. The van der Waals surface area contributed by atoms with Crippen LogP contribution in [0.25, 0.3) is 0 Å². The number of hydrogen-bond donors (Lipinski definition) is 1. The maximum Gasteiger partial charge on any atom is 0.193 e. The lowest BCUT2D eigenvalue weighted by Gasteiger charge is -2.33. The minimum absolute atomic E-state index is 0.760. The normalized spacial score (nSPS) is 19.1. The van der Waals surface area contributed by atoms with E-state index in [-0.39, 0.29) is 0 Å². The van der Waals surface area contributed by atoms with Crippen LogP contribution in [0, 0.1) is 5.92 Å². The van der Waals surface area contributed by atoms with Crippen molar-refractivity contribution in [1.29, 1.82) is 0 Å². The molecular formula is C18H29N3O. The van der Waals surface area contributed by atoms with Crippen LogP contribution in [0.15, 0.2) is 29.3 Å². The molecule has 1 N–H and O–H groups in total. The van der Waals surface area contributed by atoms with Crippen LogP contribution in [0.3, 0.4) is 0 Å². The van der Waals surface area contributed by atoms with Crippen molar-refractivity contribution in [2.75, 3.05) is 33.3 Å². The Bertz CT molecular complexity index is 487. The lowest BCUT2D eigenvalue weighted by atomic mass is 10.0. The van der Waals surface area contributed by atoms with Gasteiger partial charge in [0.2, 0.25) is 0 Å². The Balaban J connectivity index is 1.94. The number of hydrogen-bond acceptors (Lipinski definition) is 2. The van der Waals surface area contributed by atoms with E-state index in [0.717, 1.165) is 50.2 Å². The molecule has 122 valence electrons. The van der Waals surface area contributed by atoms with Gasteiger partial charge in [-0.25, -0.2) is 0 Å². The van der Waals surface area contributed by atoms with E-state index in [1.807, 2.05) is 12.1 Å². The summed E-state index contributed by atoms with van der Waals surface area (Å²) >= 11 is 0. The van der Waals surface area contributed by atoms with E-state index in [1.165, 1.54) is 18.4 Å². The topological polar surface area (TPSA) is 36.9 Å². The van der Waals surface area contributed by atoms with Gasteiger partial charge in [-0.1, -0.05) is 19.1 Å². The van der Waals surface area contributed by atoms with Crippen molar-refractivity contribution in [1.82, 2.24) is 10.2 Å². The molecule has 1 fully saturated rings. The molecule has 0 amide bonds. The third-order valence-corrected chi connectivity index (χ3v) is 4.09. The average Bonchev–Trinajstić information content (AvgIpc) is 2.54. The van der Waals surface area contributed by atoms with E-state index in [1.54, 1.807) is 7.11 Å². The first-order valence-corrected chi connectivity index (χ1v) is 8.39. The first kappa shape index (κ1) is 16.7. The molecule has 1 aliphatic heterocycles. The smallest absolute Gasteiger partial charge is 0.193 e. The van der Waals surface area contributed by atoms with Gasteiger partial charge in [-0.05, 0) is 49.8 Å². The molecule has 0 spiro atoms. The standard InChI is InChI=1S/C18H29N3O/c1-4-19-18(21-12-6-7-15(2)14-21)20-11-10-16-8-5-9-17(13-16)22-3/h5,8-9,13,15H,4,6-7,10-12,14H2,1-3H3,(H,19,20). The van der Waals surface area contributed by atoms with Gasteiger partial charge in [-0.2, -0.15) is 0 Å². The van der Waals surface area contributed by atoms with Crippen molar-refractivity contribution in [2.24, 2.45) is 10.9 Å². The van der Waals surface area contributed by atoms with Crippen LogP contribution >= 0.6 is 0 Å². The SMILES string of the molecule is CCNC(=NCCc1cccc(OC)c1)N1CCCC(C)C1. The van der Waals surface area contributed by atoms with Crippen molar-refractivity contribution in [3.8, 4) is 5.75 Å². The van der Waals surface area contributed by atoms with Crippen molar-refractivity contribution >= 4 is 5.96 Å². The van der Waals surface area contributed by atoms with Crippen molar-refractivity contribution < 1.29 is 4.74 Å². The molecule has 1 aliphatic rings. The molecule has 1 heterocycles. The predicted molar refractivity (Wildman–Crippen MR) is 92.6 cm³/mol. The quantitative estimate of drug-likeness (QED) is 0.671. The zero-order valence-corrected chi connectivity index (χ0v) is 14.1. The van der Waals surface area contributed by atoms with Gasteiger partial charge in [0.25, 0.3) is 0 Å². The molecule has 0 aromatic heterocycles. The largest absolute Gasteiger partial charge is 0.497 e. The Morgan fingerprint density at radius 1 is 1.45 bits per heavy atom. The van der Waals surface area contributed by atoms with Gasteiger partial charge in [0.15, 0.2) is 5.96 Å². The van der Waals surface area contributed by atoms with Crippen molar-refractivity contribution in [3.05, 3.63) is 29.8 Å². The number of benzene rings is 1. The summed E-state index contributed by atoms with van der Waals surface area (Å²) in [5.74, 6) is 2.74. The van der Waals surface area contributed by atoms with Gasteiger partial charge in [0, 0.05) is 26.2 Å². The Morgan fingerprint density at radius 3 is 3.05 bits per heavy atom. The lowest BCUT2D eigenvalue weighted by molar-refractivity contribution is 0.266. The van der Waals surface area contributed by atoms with Crippen LogP contribution < -0.4 is 10.1 Å². The molecule has 1 saturated heterocycles. The minimum Gasteiger partial charge on any atom is -0.497 e. The number of likely N-dealkylation sites (tertiary alicyclic amines) is 1. The van der Waals surface area contributed by atoms with E-state index in [9.17, 15) is 0 Å². The highest BCUT2D eigenvalue weighted by molar-refractivity contribution is 5.80. The molecule has 0 saturated carbocycles. The summed E-state index contributed by atoms with van der Waals surface area (Å²) < 4.78 is 5.27. The van der Waals surface area contributed by atoms with Gasteiger partial charge < -0.3 is 15.0 Å². The predicted octanol–water partition coefficient (Wildman–Crippen LogP) is 2.94. The summed E-state index contributed by atoms with van der Waals surface area (Å²) in [6.07, 6.45) is 3.54.